The number of carboxylic acids is 1. The summed E-state index contributed by atoms with van der Waals surface area (Å²) in [6, 6.07) is 11.8. The Kier molecular flexibility index (Phi) is 7.45. The van der Waals surface area contributed by atoms with Crippen molar-refractivity contribution in [2.75, 3.05) is 19.8 Å². The van der Waals surface area contributed by atoms with E-state index in [0.717, 1.165) is 16.7 Å². The SMILES string of the molecule is O=C(O)CCc1ccc(OCC2=C(c3ccc(Cl)cc3)COCC2)cc1C(F)(F)P. The average Bonchev–Trinajstić information content (AvgIpc) is 2.71. The summed E-state index contributed by atoms with van der Waals surface area (Å²) in [7, 11) is 1.50. The maximum absolute atomic E-state index is 14.1. The summed E-state index contributed by atoms with van der Waals surface area (Å²) in [6.45, 7) is 1.26. The van der Waals surface area contributed by atoms with Crippen LogP contribution in [0.15, 0.2) is 48.0 Å². The van der Waals surface area contributed by atoms with Crippen molar-refractivity contribution in [2.24, 2.45) is 0 Å². The maximum atomic E-state index is 14.1. The van der Waals surface area contributed by atoms with Crippen LogP contribution in [0.1, 0.15) is 29.5 Å². The van der Waals surface area contributed by atoms with E-state index in [1.807, 2.05) is 12.1 Å². The fraction of sp³-hybridized carbons (Fsp3) is 0.318. The highest BCUT2D eigenvalue weighted by atomic mass is 35.5. The fourth-order valence-electron chi connectivity index (χ4n) is 3.31. The van der Waals surface area contributed by atoms with Crippen LogP contribution in [0.3, 0.4) is 0 Å². The highest BCUT2D eigenvalue weighted by Crippen LogP contribution is 2.39. The Morgan fingerprint density at radius 1 is 1.23 bits per heavy atom. The number of hydrogen-bond acceptors (Lipinski definition) is 3. The minimum atomic E-state index is -3.18. The summed E-state index contributed by atoms with van der Waals surface area (Å²) in [5.41, 5.74) is -0.106. The van der Waals surface area contributed by atoms with Crippen molar-refractivity contribution in [1.29, 1.82) is 0 Å². The Bertz CT molecular complexity index is 939. The van der Waals surface area contributed by atoms with Crippen molar-refractivity contribution in [3.63, 3.8) is 0 Å². The zero-order valence-electron chi connectivity index (χ0n) is 16.2. The van der Waals surface area contributed by atoms with Gasteiger partial charge in [0, 0.05) is 17.0 Å². The molecule has 0 amide bonds. The number of aryl methyl sites for hydroxylation is 1. The standard InChI is InChI=1S/C22H22ClF2O4P/c23-17-5-1-14(2-6-17)19-13-28-10-9-16(19)12-29-18-7-3-15(4-8-21(26)27)20(11-18)22(24,25)30/h1-3,5-7,11H,4,8-10,12-13,30H2,(H,26,27). The highest BCUT2D eigenvalue weighted by molar-refractivity contribution is 7.17. The molecule has 160 valence electrons. The predicted molar refractivity (Wildman–Crippen MR) is 115 cm³/mol. The van der Waals surface area contributed by atoms with Gasteiger partial charge in [0.1, 0.15) is 12.4 Å². The van der Waals surface area contributed by atoms with Gasteiger partial charge in [-0.3, -0.25) is 4.79 Å². The van der Waals surface area contributed by atoms with Crippen LogP contribution in [-0.2, 0) is 21.6 Å². The van der Waals surface area contributed by atoms with Gasteiger partial charge in [-0.15, -0.1) is 0 Å². The van der Waals surface area contributed by atoms with Gasteiger partial charge >= 0.3 is 5.97 Å². The first kappa shape index (κ1) is 22.7. The van der Waals surface area contributed by atoms with Crippen molar-refractivity contribution in [2.45, 2.75) is 24.9 Å². The Labute approximate surface area is 181 Å². The van der Waals surface area contributed by atoms with E-state index in [4.69, 9.17) is 26.2 Å². The lowest BCUT2D eigenvalue weighted by Gasteiger charge is -2.22. The van der Waals surface area contributed by atoms with Crippen LogP contribution < -0.4 is 4.74 Å². The summed E-state index contributed by atoms with van der Waals surface area (Å²) in [5.74, 6) is -0.727. The van der Waals surface area contributed by atoms with Gasteiger partial charge < -0.3 is 14.6 Å². The van der Waals surface area contributed by atoms with Crippen molar-refractivity contribution < 1.29 is 28.2 Å². The molecule has 0 saturated heterocycles. The van der Waals surface area contributed by atoms with E-state index in [1.54, 1.807) is 18.2 Å². The third-order valence-electron chi connectivity index (χ3n) is 4.88. The Hall–Kier alpha value is -2.01. The molecule has 0 bridgehead atoms. The van der Waals surface area contributed by atoms with Gasteiger partial charge in [0.2, 0.25) is 0 Å². The Morgan fingerprint density at radius 3 is 2.63 bits per heavy atom. The van der Waals surface area contributed by atoms with E-state index in [9.17, 15) is 13.6 Å². The lowest BCUT2D eigenvalue weighted by Crippen LogP contribution is -2.16. The molecule has 30 heavy (non-hydrogen) atoms. The topological polar surface area (TPSA) is 55.8 Å². The van der Waals surface area contributed by atoms with E-state index in [0.29, 0.717) is 30.4 Å². The molecule has 0 aliphatic carbocycles. The molecular weight excluding hydrogens is 433 g/mol. The van der Waals surface area contributed by atoms with Crippen molar-refractivity contribution in [1.82, 2.24) is 0 Å². The summed E-state index contributed by atoms with van der Waals surface area (Å²) >= 11 is 5.96. The zero-order valence-corrected chi connectivity index (χ0v) is 18.1. The normalized spacial score (nSPS) is 14.7. The highest BCUT2D eigenvalue weighted by Gasteiger charge is 2.28. The number of benzene rings is 2. The molecule has 8 heteroatoms. The third kappa shape index (κ3) is 6.00. The van der Waals surface area contributed by atoms with Gasteiger partial charge in [0.25, 0.3) is 5.66 Å². The largest absolute Gasteiger partial charge is 0.489 e. The molecule has 2 aromatic carbocycles. The van der Waals surface area contributed by atoms with Crippen LogP contribution in [-0.4, -0.2) is 30.9 Å². The van der Waals surface area contributed by atoms with Crippen LogP contribution in [0, 0.1) is 0 Å². The van der Waals surface area contributed by atoms with Gasteiger partial charge in [0.05, 0.1) is 13.2 Å². The number of halogens is 3. The van der Waals surface area contributed by atoms with E-state index < -0.39 is 11.6 Å². The molecule has 4 nitrogen and oxygen atoms in total. The molecular formula is C22H22ClF2O4P. The first-order chi connectivity index (χ1) is 14.2. The Balaban J connectivity index is 1.81. The Morgan fingerprint density at radius 2 is 1.97 bits per heavy atom. The first-order valence-electron chi connectivity index (χ1n) is 9.43. The predicted octanol–water partition coefficient (Wildman–Crippen LogP) is 5.53. The molecule has 0 fully saturated rings. The van der Waals surface area contributed by atoms with Gasteiger partial charge in [0.15, 0.2) is 0 Å². The maximum Gasteiger partial charge on any atom is 0.303 e. The molecule has 1 aliphatic rings. The molecule has 0 saturated carbocycles. The van der Waals surface area contributed by atoms with E-state index in [2.05, 4.69) is 0 Å². The summed E-state index contributed by atoms with van der Waals surface area (Å²) in [5, 5.41) is 9.49. The minimum absolute atomic E-state index is 0.0259. The molecule has 1 heterocycles. The quantitative estimate of drug-likeness (QED) is 0.532. The molecule has 0 spiro atoms. The number of carbonyl (C=O) groups is 1. The van der Waals surface area contributed by atoms with E-state index in [-0.39, 0.29) is 30.6 Å². The minimum Gasteiger partial charge on any atom is -0.489 e. The van der Waals surface area contributed by atoms with Gasteiger partial charge in [-0.2, -0.15) is 8.78 Å². The molecule has 1 aliphatic heterocycles. The van der Waals surface area contributed by atoms with Crippen molar-refractivity contribution in [3.8, 4) is 5.75 Å². The van der Waals surface area contributed by atoms with Crippen molar-refractivity contribution in [3.05, 3.63) is 69.8 Å². The van der Waals surface area contributed by atoms with Crippen LogP contribution in [0.25, 0.3) is 5.57 Å². The lowest BCUT2D eigenvalue weighted by molar-refractivity contribution is -0.136. The van der Waals surface area contributed by atoms with Gasteiger partial charge in [-0.25, -0.2) is 0 Å². The van der Waals surface area contributed by atoms with Gasteiger partial charge in [-0.05, 0) is 59.4 Å². The number of aliphatic carboxylic acids is 1. The smallest absolute Gasteiger partial charge is 0.303 e. The zero-order chi connectivity index (χ0) is 21.7. The monoisotopic (exact) mass is 454 g/mol. The molecule has 1 atom stereocenters. The fourth-order valence-corrected chi connectivity index (χ4v) is 3.70. The second-order valence-electron chi connectivity index (χ2n) is 7.02. The van der Waals surface area contributed by atoms with Crippen LogP contribution >= 0.6 is 20.8 Å². The first-order valence-corrected chi connectivity index (χ1v) is 10.4. The molecule has 1 N–H and O–H groups in total. The number of ether oxygens (including phenoxy) is 2. The number of carboxylic acid groups (broad SMARTS) is 1. The summed E-state index contributed by atoms with van der Waals surface area (Å²) < 4.78 is 39.5. The summed E-state index contributed by atoms with van der Waals surface area (Å²) in [6.07, 6.45) is 0.491. The van der Waals surface area contributed by atoms with Gasteiger partial charge in [-0.1, -0.05) is 39.0 Å². The number of alkyl halides is 2. The van der Waals surface area contributed by atoms with Crippen LogP contribution in [0.5, 0.6) is 5.75 Å². The lowest BCUT2D eigenvalue weighted by atomic mass is 9.97. The second-order valence-corrected chi connectivity index (χ2v) is 8.18. The van der Waals surface area contributed by atoms with Crippen molar-refractivity contribution >= 4 is 32.4 Å². The molecule has 0 aromatic heterocycles. The van der Waals surface area contributed by atoms with E-state index in [1.165, 1.54) is 21.4 Å². The second kappa shape index (κ2) is 9.86. The third-order valence-corrected chi connectivity index (χ3v) is 5.44. The molecule has 2 aromatic rings. The molecule has 1 unspecified atom stereocenters. The molecule has 0 radical (unpaired) electrons. The number of hydrogen-bond donors (Lipinski definition) is 1. The van der Waals surface area contributed by atoms with E-state index >= 15 is 0 Å². The van der Waals surface area contributed by atoms with Crippen LogP contribution in [0.4, 0.5) is 8.78 Å². The molecule has 3 rings (SSSR count). The number of rotatable bonds is 8. The average molecular weight is 455 g/mol. The summed E-state index contributed by atoms with van der Waals surface area (Å²) in [4.78, 5) is 10.8. The van der Waals surface area contributed by atoms with Crippen LogP contribution in [0.2, 0.25) is 5.02 Å².